The maximum Gasteiger partial charge on any atom is 0.231 e. The predicted molar refractivity (Wildman–Crippen MR) is 91.3 cm³/mol. The molecule has 1 aromatic carbocycles. The van der Waals surface area contributed by atoms with Crippen LogP contribution in [0.15, 0.2) is 30.3 Å². The Morgan fingerprint density at radius 1 is 1.43 bits per heavy atom. The van der Waals surface area contributed by atoms with E-state index >= 15 is 0 Å². The maximum absolute atomic E-state index is 12.7. The minimum Gasteiger partial charge on any atom is -0.376 e. The van der Waals surface area contributed by atoms with E-state index in [1.165, 1.54) is 0 Å². The van der Waals surface area contributed by atoms with E-state index in [1.54, 1.807) is 23.8 Å². The van der Waals surface area contributed by atoms with Gasteiger partial charge in [0.15, 0.2) is 0 Å². The second-order valence-electron chi connectivity index (χ2n) is 5.49. The smallest absolute Gasteiger partial charge is 0.231 e. The molecular weight excluding hydrogens is 302 g/mol. The number of thiocarbonyl (C=S) groups is 1. The molecule has 1 aliphatic heterocycles. The number of rotatable bonds is 5. The predicted octanol–water partition coefficient (Wildman–Crippen LogP) is 3.65. The van der Waals surface area contributed by atoms with Gasteiger partial charge >= 0.3 is 0 Å². The summed E-state index contributed by atoms with van der Waals surface area (Å²) in [6.07, 6.45) is 0.102. The van der Waals surface area contributed by atoms with Gasteiger partial charge in [-0.25, -0.2) is 0 Å². The van der Waals surface area contributed by atoms with Crippen LogP contribution in [0, 0.1) is 5.92 Å². The molecule has 1 fully saturated rings. The minimum atomic E-state index is -0.222. The van der Waals surface area contributed by atoms with E-state index in [9.17, 15) is 4.79 Å². The van der Waals surface area contributed by atoms with Crippen molar-refractivity contribution in [2.75, 3.05) is 12.9 Å². The van der Waals surface area contributed by atoms with Crippen LogP contribution >= 0.6 is 24.0 Å². The topological polar surface area (TPSA) is 29.5 Å². The quantitative estimate of drug-likeness (QED) is 0.774. The molecule has 1 aliphatic rings. The number of thioether (sulfide) groups is 1. The number of amides is 1. The molecule has 2 atom stereocenters. The lowest BCUT2D eigenvalue weighted by molar-refractivity contribution is -0.131. The molecule has 5 heteroatoms. The highest BCUT2D eigenvalue weighted by Crippen LogP contribution is 2.31. The molecule has 0 radical (unpaired) electrons. The van der Waals surface area contributed by atoms with Gasteiger partial charge in [0.05, 0.1) is 12.5 Å². The van der Waals surface area contributed by atoms with Gasteiger partial charge in [-0.15, -0.1) is 0 Å². The summed E-state index contributed by atoms with van der Waals surface area (Å²) >= 11 is 6.94. The Bertz CT molecular complexity index is 504. The zero-order valence-corrected chi connectivity index (χ0v) is 14.2. The maximum atomic E-state index is 12.7. The number of carbonyl (C=O) groups is 1. The lowest BCUT2D eigenvalue weighted by Crippen LogP contribution is -2.42. The standard InChI is InChI=1S/C16H21NO2S2/c1-11(2)13-10-21-16(20)17(13)15(18)9-14(19-3)12-7-5-4-6-8-12/h4-8,11,13-14H,9-10H2,1-3H3/t13-,14+/m1/s1. The molecule has 114 valence electrons. The fourth-order valence-electron chi connectivity index (χ4n) is 2.48. The van der Waals surface area contributed by atoms with Gasteiger partial charge in [-0.05, 0) is 11.5 Å². The molecule has 0 unspecified atom stereocenters. The lowest BCUT2D eigenvalue weighted by atomic mass is 10.0. The molecule has 0 aromatic heterocycles. The van der Waals surface area contributed by atoms with Gasteiger partial charge in [0.25, 0.3) is 0 Å². The Hall–Kier alpha value is -0.910. The zero-order valence-electron chi connectivity index (χ0n) is 12.6. The van der Waals surface area contributed by atoms with Gasteiger partial charge in [-0.1, -0.05) is 68.2 Å². The summed E-state index contributed by atoms with van der Waals surface area (Å²) in [5.74, 6) is 1.35. The molecule has 3 nitrogen and oxygen atoms in total. The minimum absolute atomic E-state index is 0.0550. The van der Waals surface area contributed by atoms with E-state index < -0.39 is 0 Å². The molecule has 1 heterocycles. The molecule has 0 aliphatic carbocycles. The summed E-state index contributed by atoms with van der Waals surface area (Å²) in [4.78, 5) is 14.4. The van der Waals surface area contributed by atoms with Crippen molar-refractivity contribution in [1.29, 1.82) is 0 Å². The first-order valence-electron chi connectivity index (χ1n) is 7.11. The molecule has 0 spiro atoms. The van der Waals surface area contributed by atoms with Crippen molar-refractivity contribution in [3.05, 3.63) is 35.9 Å². The van der Waals surface area contributed by atoms with Crippen molar-refractivity contribution >= 4 is 34.2 Å². The third kappa shape index (κ3) is 3.84. The van der Waals surface area contributed by atoms with Crippen molar-refractivity contribution in [3.8, 4) is 0 Å². The first-order valence-corrected chi connectivity index (χ1v) is 8.50. The molecule has 1 amide bonds. The average molecular weight is 323 g/mol. The van der Waals surface area contributed by atoms with E-state index in [2.05, 4.69) is 13.8 Å². The van der Waals surface area contributed by atoms with Crippen LogP contribution in [0.1, 0.15) is 31.9 Å². The summed E-state index contributed by atoms with van der Waals surface area (Å²) in [7, 11) is 1.64. The number of hydrogen-bond donors (Lipinski definition) is 0. The fraction of sp³-hybridized carbons (Fsp3) is 0.500. The van der Waals surface area contributed by atoms with Gasteiger partial charge in [0.1, 0.15) is 4.32 Å². The van der Waals surface area contributed by atoms with Crippen LogP contribution in [0.2, 0.25) is 0 Å². The number of hydrogen-bond acceptors (Lipinski definition) is 4. The summed E-state index contributed by atoms with van der Waals surface area (Å²) in [6, 6.07) is 10.0. The van der Waals surface area contributed by atoms with Gasteiger partial charge in [0, 0.05) is 18.9 Å². The van der Waals surface area contributed by atoms with Gasteiger partial charge in [-0.3, -0.25) is 9.69 Å². The highest BCUT2D eigenvalue weighted by molar-refractivity contribution is 8.23. The molecule has 1 saturated heterocycles. The Labute approximate surface area is 136 Å². The zero-order chi connectivity index (χ0) is 15.4. The van der Waals surface area contributed by atoms with Crippen LogP contribution < -0.4 is 0 Å². The molecular formula is C16H21NO2S2. The van der Waals surface area contributed by atoms with E-state index in [0.29, 0.717) is 16.7 Å². The highest BCUT2D eigenvalue weighted by atomic mass is 32.2. The first-order chi connectivity index (χ1) is 10.0. The molecule has 21 heavy (non-hydrogen) atoms. The summed E-state index contributed by atoms with van der Waals surface area (Å²) in [6.45, 7) is 4.26. The monoisotopic (exact) mass is 323 g/mol. The van der Waals surface area contributed by atoms with Gasteiger partial charge in [0.2, 0.25) is 5.91 Å². The van der Waals surface area contributed by atoms with Gasteiger partial charge < -0.3 is 4.74 Å². The van der Waals surface area contributed by atoms with Crippen LogP contribution in [0.3, 0.4) is 0 Å². The second kappa shape index (κ2) is 7.38. The normalized spacial score (nSPS) is 20.1. The van der Waals surface area contributed by atoms with Crippen LogP contribution in [-0.2, 0) is 9.53 Å². The third-order valence-corrected chi connectivity index (χ3v) is 5.26. The SMILES string of the molecule is CO[C@@H](CC(=O)N1C(=S)SC[C@@H]1C(C)C)c1ccccc1. The van der Waals surface area contributed by atoms with E-state index in [4.69, 9.17) is 17.0 Å². The van der Waals surface area contributed by atoms with Crippen LogP contribution in [0.25, 0.3) is 0 Å². The number of benzene rings is 1. The van der Waals surface area contributed by atoms with Crippen LogP contribution in [-0.4, -0.2) is 34.0 Å². The molecule has 0 saturated carbocycles. The van der Waals surface area contributed by atoms with Crippen LogP contribution in [0.5, 0.6) is 0 Å². The van der Waals surface area contributed by atoms with Gasteiger partial charge in [-0.2, -0.15) is 0 Å². The van der Waals surface area contributed by atoms with Crippen molar-refractivity contribution < 1.29 is 9.53 Å². The first kappa shape index (κ1) is 16.5. The van der Waals surface area contributed by atoms with Crippen molar-refractivity contribution in [1.82, 2.24) is 4.90 Å². The number of ether oxygens (including phenoxy) is 1. The largest absolute Gasteiger partial charge is 0.376 e. The summed E-state index contributed by atoms with van der Waals surface area (Å²) in [5, 5.41) is 0. The number of methoxy groups -OCH3 is 1. The molecule has 0 N–H and O–H groups in total. The van der Waals surface area contributed by atoms with Crippen molar-refractivity contribution in [2.45, 2.75) is 32.4 Å². The Morgan fingerprint density at radius 2 is 2.10 bits per heavy atom. The number of carbonyl (C=O) groups excluding carboxylic acids is 1. The number of nitrogens with zero attached hydrogens (tertiary/aromatic N) is 1. The van der Waals surface area contributed by atoms with E-state index in [1.807, 2.05) is 30.3 Å². The summed E-state index contributed by atoms with van der Waals surface area (Å²) in [5.41, 5.74) is 1.02. The molecule has 0 bridgehead atoms. The Kier molecular flexibility index (Phi) is 5.79. The van der Waals surface area contributed by atoms with E-state index in [0.717, 1.165) is 11.3 Å². The lowest BCUT2D eigenvalue weighted by Gasteiger charge is -2.28. The van der Waals surface area contributed by atoms with Crippen LogP contribution in [0.4, 0.5) is 0 Å². The third-order valence-electron chi connectivity index (χ3n) is 3.76. The molecule has 2 rings (SSSR count). The van der Waals surface area contributed by atoms with Crippen molar-refractivity contribution in [2.24, 2.45) is 5.92 Å². The Balaban J connectivity index is 2.10. The summed E-state index contributed by atoms with van der Waals surface area (Å²) < 4.78 is 6.20. The van der Waals surface area contributed by atoms with E-state index in [-0.39, 0.29) is 18.1 Å². The fourth-order valence-corrected chi connectivity index (χ4v) is 4.14. The highest BCUT2D eigenvalue weighted by Gasteiger charge is 2.36. The average Bonchev–Trinajstić information content (AvgIpc) is 2.87. The van der Waals surface area contributed by atoms with Crippen molar-refractivity contribution in [3.63, 3.8) is 0 Å². The Morgan fingerprint density at radius 3 is 2.67 bits per heavy atom. The molecule has 1 aromatic rings. The second-order valence-corrected chi connectivity index (χ2v) is 7.14.